The number of carbonyl (C=O) groups is 3. The van der Waals surface area contributed by atoms with Gasteiger partial charge < -0.3 is 4.74 Å². The van der Waals surface area contributed by atoms with Crippen LogP contribution in [0.1, 0.15) is 36.8 Å². The van der Waals surface area contributed by atoms with Crippen LogP contribution in [0.5, 0.6) is 5.75 Å². The molecule has 1 aliphatic carbocycles. The molecule has 0 radical (unpaired) electrons. The summed E-state index contributed by atoms with van der Waals surface area (Å²) in [5.41, 5.74) is 1.68. The molecular weight excluding hydrogens is 448 g/mol. The molecule has 30 heavy (non-hydrogen) atoms. The largest absolute Gasteiger partial charge is 0.488 e. The first-order valence-corrected chi connectivity index (χ1v) is 10.7. The summed E-state index contributed by atoms with van der Waals surface area (Å²) >= 11 is 3.49. The molecule has 154 valence electrons. The molecule has 2 aliphatic rings. The van der Waals surface area contributed by atoms with E-state index in [1.165, 1.54) is 11.0 Å². The highest BCUT2D eigenvalue weighted by Gasteiger charge is 2.40. The van der Waals surface area contributed by atoms with E-state index in [0.717, 1.165) is 31.2 Å². The number of nitrogens with zero attached hydrogens (tertiary/aromatic N) is 1. The quantitative estimate of drug-likeness (QED) is 0.519. The van der Waals surface area contributed by atoms with Gasteiger partial charge in [0.15, 0.2) is 0 Å². The second-order valence-corrected chi connectivity index (χ2v) is 8.25. The second-order valence-electron chi connectivity index (χ2n) is 7.39. The van der Waals surface area contributed by atoms with Crippen LogP contribution in [0.25, 0.3) is 6.08 Å². The Morgan fingerprint density at radius 3 is 2.50 bits per heavy atom. The number of rotatable bonds is 5. The van der Waals surface area contributed by atoms with Crippen molar-refractivity contribution in [3.63, 3.8) is 0 Å². The van der Waals surface area contributed by atoms with Crippen molar-refractivity contribution in [3.05, 3.63) is 69.7 Å². The molecule has 0 spiro atoms. The maximum atomic E-state index is 12.9. The molecule has 2 aromatic carbocycles. The van der Waals surface area contributed by atoms with Gasteiger partial charge in [-0.2, -0.15) is 0 Å². The molecule has 1 N–H and O–H groups in total. The van der Waals surface area contributed by atoms with Crippen molar-refractivity contribution in [2.75, 3.05) is 0 Å². The van der Waals surface area contributed by atoms with Crippen molar-refractivity contribution >= 4 is 39.9 Å². The normalized spacial score (nSPS) is 18.8. The van der Waals surface area contributed by atoms with Crippen molar-refractivity contribution in [1.82, 2.24) is 10.2 Å². The molecule has 2 aromatic rings. The fourth-order valence-electron chi connectivity index (χ4n) is 3.79. The number of hydrogen-bond donors (Lipinski definition) is 1. The van der Waals surface area contributed by atoms with E-state index in [1.807, 2.05) is 30.3 Å². The predicted octanol–water partition coefficient (Wildman–Crippen LogP) is 4.43. The molecule has 0 atom stereocenters. The molecule has 1 heterocycles. The van der Waals surface area contributed by atoms with Gasteiger partial charge in [0, 0.05) is 6.04 Å². The van der Waals surface area contributed by atoms with Crippen molar-refractivity contribution in [2.24, 2.45) is 0 Å². The highest BCUT2D eigenvalue weighted by molar-refractivity contribution is 9.10. The summed E-state index contributed by atoms with van der Waals surface area (Å²) in [6.45, 7) is 0.430. The fraction of sp³-hybridized carbons (Fsp3) is 0.261. The molecule has 1 saturated carbocycles. The zero-order valence-corrected chi connectivity index (χ0v) is 17.9. The van der Waals surface area contributed by atoms with Crippen LogP contribution in [0, 0.1) is 0 Å². The number of amides is 4. The third-order valence-corrected chi connectivity index (χ3v) is 5.95. The Morgan fingerprint density at radius 1 is 1.07 bits per heavy atom. The van der Waals surface area contributed by atoms with Crippen molar-refractivity contribution in [2.45, 2.75) is 38.3 Å². The van der Waals surface area contributed by atoms with E-state index in [0.29, 0.717) is 22.4 Å². The Labute approximate surface area is 183 Å². The van der Waals surface area contributed by atoms with Crippen LogP contribution < -0.4 is 10.1 Å². The Morgan fingerprint density at radius 2 is 1.80 bits per heavy atom. The standard InChI is InChI=1S/C23H21BrN2O4/c24-19-13-16(10-11-20(19)30-14-15-6-2-1-3-7-15)12-18-21(27)25-23(29)26(22(18)28)17-8-4-5-9-17/h1-3,6-7,10-13,17H,4-5,8-9,14H2,(H,25,27,29)/b18-12+. The van der Waals surface area contributed by atoms with E-state index in [2.05, 4.69) is 21.2 Å². The molecule has 4 rings (SSSR count). The zero-order valence-electron chi connectivity index (χ0n) is 16.3. The number of halogens is 1. The number of benzene rings is 2. The molecule has 1 saturated heterocycles. The summed E-state index contributed by atoms with van der Waals surface area (Å²) in [5, 5.41) is 2.29. The summed E-state index contributed by atoms with van der Waals surface area (Å²) in [7, 11) is 0. The summed E-state index contributed by atoms with van der Waals surface area (Å²) in [6, 6.07) is 14.4. The van der Waals surface area contributed by atoms with Crippen molar-refractivity contribution in [1.29, 1.82) is 0 Å². The summed E-state index contributed by atoms with van der Waals surface area (Å²) < 4.78 is 6.55. The van der Waals surface area contributed by atoms with Gasteiger partial charge in [-0.15, -0.1) is 0 Å². The maximum absolute atomic E-state index is 12.9. The number of imide groups is 2. The molecule has 4 amide bonds. The highest BCUT2D eigenvalue weighted by Crippen LogP contribution is 2.30. The lowest BCUT2D eigenvalue weighted by Crippen LogP contribution is -2.57. The number of carbonyl (C=O) groups excluding carboxylic acids is 3. The number of nitrogens with one attached hydrogen (secondary N) is 1. The average molecular weight is 469 g/mol. The van der Waals surface area contributed by atoms with Crippen LogP contribution >= 0.6 is 15.9 Å². The predicted molar refractivity (Wildman–Crippen MR) is 116 cm³/mol. The van der Waals surface area contributed by atoms with Gasteiger partial charge in [0.25, 0.3) is 11.8 Å². The molecule has 7 heteroatoms. The molecule has 0 bridgehead atoms. The second kappa shape index (κ2) is 8.83. The van der Waals surface area contributed by atoms with Crippen LogP contribution in [0.2, 0.25) is 0 Å². The van der Waals surface area contributed by atoms with Gasteiger partial charge in [0.05, 0.1) is 4.47 Å². The van der Waals surface area contributed by atoms with E-state index >= 15 is 0 Å². The van der Waals surface area contributed by atoms with Crippen LogP contribution in [0.4, 0.5) is 4.79 Å². The lowest BCUT2D eigenvalue weighted by molar-refractivity contribution is -0.131. The molecule has 0 aromatic heterocycles. The monoisotopic (exact) mass is 468 g/mol. The van der Waals surface area contributed by atoms with E-state index in [-0.39, 0.29) is 11.6 Å². The van der Waals surface area contributed by atoms with Crippen molar-refractivity contribution in [3.8, 4) is 5.75 Å². The molecular formula is C23H21BrN2O4. The van der Waals surface area contributed by atoms with Gasteiger partial charge in [-0.3, -0.25) is 19.8 Å². The SMILES string of the molecule is O=C1NC(=O)N(C2CCCC2)C(=O)/C1=C/c1ccc(OCc2ccccc2)c(Br)c1. The van der Waals surface area contributed by atoms with Gasteiger partial charge in [0.1, 0.15) is 17.9 Å². The van der Waals surface area contributed by atoms with Gasteiger partial charge >= 0.3 is 6.03 Å². The van der Waals surface area contributed by atoms with E-state index in [9.17, 15) is 14.4 Å². The summed E-state index contributed by atoms with van der Waals surface area (Å²) in [5.74, 6) is -0.542. The number of urea groups is 1. The van der Waals surface area contributed by atoms with Gasteiger partial charge in [-0.1, -0.05) is 49.2 Å². The lowest BCUT2D eigenvalue weighted by Gasteiger charge is -2.31. The third-order valence-electron chi connectivity index (χ3n) is 5.33. The summed E-state index contributed by atoms with van der Waals surface area (Å²) in [4.78, 5) is 38.6. The van der Waals surface area contributed by atoms with Crippen molar-refractivity contribution < 1.29 is 19.1 Å². The Kier molecular flexibility index (Phi) is 5.99. The Bertz CT molecular complexity index is 1010. The minimum absolute atomic E-state index is 0.0358. The number of hydrogen-bond acceptors (Lipinski definition) is 4. The number of ether oxygens (including phenoxy) is 1. The minimum atomic E-state index is -0.667. The third kappa shape index (κ3) is 4.31. The smallest absolute Gasteiger partial charge is 0.331 e. The van der Waals surface area contributed by atoms with E-state index in [1.54, 1.807) is 18.2 Å². The van der Waals surface area contributed by atoms with Gasteiger partial charge in [0.2, 0.25) is 0 Å². The van der Waals surface area contributed by atoms with Crippen LogP contribution in [0.3, 0.4) is 0 Å². The van der Waals surface area contributed by atoms with Gasteiger partial charge in [-0.05, 0) is 58.1 Å². The first kappa shape index (κ1) is 20.3. The molecule has 6 nitrogen and oxygen atoms in total. The average Bonchev–Trinajstić information content (AvgIpc) is 3.25. The van der Waals surface area contributed by atoms with E-state index in [4.69, 9.17) is 4.74 Å². The maximum Gasteiger partial charge on any atom is 0.331 e. The van der Waals surface area contributed by atoms with Crippen LogP contribution in [-0.4, -0.2) is 28.8 Å². The van der Waals surface area contributed by atoms with Crippen LogP contribution in [0.15, 0.2) is 58.6 Å². The summed E-state index contributed by atoms with van der Waals surface area (Å²) in [6.07, 6.45) is 5.02. The fourth-order valence-corrected chi connectivity index (χ4v) is 4.30. The zero-order chi connectivity index (χ0) is 21.1. The Balaban J connectivity index is 1.52. The highest BCUT2D eigenvalue weighted by atomic mass is 79.9. The van der Waals surface area contributed by atoms with E-state index < -0.39 is 17.8 Å². The van der Waals surface area contributed by atoms with Gasteiger partial charge in [-0.25, -0.2) is 4.79 Å². The topological polar surface area (TPSA) is 75.7 Å². The Hall–Kier alpha value is -2.93. The number of barbiturate groups is 1. The van der Waals surface area contributed by atoms with Crippen LogP contribution in [-0.2, 0) is 16.2 Å². The first-order chi connectivity index (χ1) is 14.5. The molecule has 2 fully saturated rings. The first-order valence-electron chi connectivity index (χ1n) is 9.90. The minimum Gasteiger partial charge on any atom is -0.488 e. The molecule has 1 aliphatic heterocycles. The lowest BCUT2D eigenvalue weighted by atomic mass is 10.1. The molecule has 0 unspecified atom stereocenters.